The Bertz CT molecular complexity index is 263. The van der Waals surface area contributed by atoms with E-state index < -0.39 is 0 Å². The van der Waals surface area contributed by atoms with Gasteiger partial charge >= 0.3 is 0 Å². The van der Waals surface area contributed by atoms with Crippen LogP contribution >= 0.6 is 0 Å². The van der Waals surface area contributed by atoms with Gasteiger partial charge in [0.05, 0.1) is 6.10 Å². The second-order valence-electron chi connectivity index (χ2n) is 7.47. The molecule has 1 spiro atoms. The highest BCUT2D eigenvalue weighted by molar-refractivity contribution is 5.09. The number of ether oxygens (including phenoxy) is 1. The molecule has 2 nitrogen and oxygen atoms in total. The summed E-state index contributed by atoms with van der Waals surface area (Å²) in [5.41, 5.74) is 0.853. The second-order valence-corrected chi connectivity index (χ2v) is 7.47. The zero-order valence-electron chi connectivity index (χ0n) is 12.7. The van der Waals surface area contributed by atoms with Crippen LogP contribution in [0.5, 0.6) is 0 Å². The summed E-state index contributed by atoms with van der Waals surface area (Å²) in [5.74, 6) is 0. The number of hydrogen-bond donors (Lipinski definition) is 1. The minimum atomic E-state index is 0.382. The molecule has 2 rings (SSSR count). The first-order valence-corrected chi connectivity index (χ1v) is 7.83. The fraction of sp³-hybridized carbons (Fsp3) is 1.00. The van der Waals surface area contributed by atoms with Crippen molar-refractivity contribution in [1.29, 1.82) is 0 Å². The molecule has 0 bridgehead atoms. The quantitative estimate of drug-likeness (QED) is 0.824. The topological polar surface area (TPSA) is 21.3 Å². The first-order valence-electron chi connectivity index (χ1n) is 7.83. The van der Waals surface area contributed by atoms with Crippen LogP contribution in [0.15, 0.2) is 0 Å². The third kappa shape index (κ3) is 2.91. The lowest BCUT2D eigenvalue weighted by molar-refractivity contribution is -0.151. The van der Waals surface area contributed by atoms with Crippen LogP contribution in [0, 0.1) is 10.8 Å². The van der Waals surface area contributed by atoms with E-state index >= 15 is 0 Å². The lowest BCUT2D eigenvalue weighted by Crippen LogP contribution is -2.65. The van der Waals surface area contributed by atoms with E-state index in [2.05, 4.69) is 33.0 Å². The maximum atomic E-state index is 5.99. The predicted octanol–water partition coefficient (Wildman–Crippen LogP) is 3.75. The van der Waals surface area contributed by atoms with Crippen molar-refractivity contribution in [2.24, 2.45) is 10.8 Å². The fourth-order valence-corrected chi connectivity index (χ4v) is 3.78. The summed E-state index contributed by atoms with van der Waals surface area (Å²) in [5, 5.41) is 3.83. The van der Waals surface area contributed by atoms with Crippen LogP contribution in [-0.2, 0) is 4.74 Å². The largest absolute Gasteiger partial charge is 0.378 e. The van der Waals surface area contributed by atoms with E-state index in [4.69, 9.17) is 4.74 Å². The van der Waals surface area contributed by atoms with Gasteiger partial charge in [0.15, 0.2) is 0 Å². The van der Waals surface area contributed by atoms with Gasteiger partial charge in [-0.15, -0.1) is 0 Å². The average molecular weight is 253 g/mol. The van der Waals surface area contributed by atoms with Crippen LogP contribution in [0.2, 0.25) is 0 Å². The molecule has 0 aromatic rings. The molecule has 2 unspecified atom stereocenters. The van der Waals surface area contributed by atoms with Crippen molar-refractivity contribution in [3.8, 4) is 0 Å². The SMILES string of the molecule is CCOC1CC(NCC(C)(C)C)C12CCCCC2. The Morgan fingerprint density at radius 3 is 2.39 bits per heavy atom. The molecule has 0 saturated heterocycles. The summed E-state index contributed by atoms with van der Waals surface area (Å²) in [6.45, 7) is 11.1. The molecule has 18 heavy (non-hydrogen) atoms. The van der Waals surface area contributed by atoms with Gasteiger partial charge in [-0.3, -0.25) is 0 Å². The molecule has 0 radical (unpaired) electrons. The second kappa shape index (κ2) is 5.50. The molecule has 2 fully saturated rings. The Labute approximate surface area is 113 Å². The van der Waals surface area contributed by atoms with E-state index in [0.29, 0.717) is 23.0 Å². The molecule has 0 aromatic carbocycles. The van der Waals surface area contributed by atoms with Gasteiger partial charge in [-0.05, 0) is 31.6 Å². The maximum Gasteiger partial charge on any atom is 0.0661 e. The summed E-state index contributed by atoms with van der Waals surface area (Å²) < 4.78 is 5.99. The summed E-state index contributed by atoms with van der Waals surface area (Å²) in [6, 6.07) is 0.702. The monoisotopic (exact) mass is 253 g/mol. The van der Waals surface area contributed by atoms with Crippen LogP contribution in [0.25, 0.3) is 0 Å². The van der Waals surface area contributed by atoms with Crippen molar-refractivity contribution in [2.75, 3.05) is 13.2 Å². The Kier molecular flexibility index (Phi) is 4.38. The Hall–Kier alpha value is -0.0800. The average Bonchev–Trinajstić information content (AvgIpc) is 2.32. The molecule has 2 aliphatic carbocycles. The Morgan fingerprint density at radius 2 is 1.83 bits per heavy atom. The third-order valence-electron chi connectivity index (χ3n) is 4.82. The zero-order chi connectivity index (χ0) is 13.2. The zero-order valence-corrected chi connectivity index (χ0v) is 12.7. The number of nitrogens with one attached hydrogen (secondary N) is 1. The lowest BCUT2D eigenvalue weighted by Gasteiger charge is -2.58. The molecule has 0 aliphatic heterocycles. The lowest BCUT2D eigenvalue weighted by atomic mass is 9.55. The van der Waals surface area contributed by atoms with E-state index in [1.807, 2.05) is 0 Å². The minimum Gasteiger partial charge on any atom is -0.378 e. The van der Waals surface area contributed by atoms with Gasteiger partial charge in [0, 0.05) is 24.6 Å². The first kappa shape index (κ1) is 14.3. The molecule has 0 amide bonds. The standard InChI is InChI=1S/C16H31NO/c1-5-18-14-11-13(17-12-15(2,3)4)16(14)9-7-6-8-10-16/h13-14,17H,5-12H2,1-4H3. The molecular formula is C16H31NO. The highest BCUT2D eigenvalue weighted by Crippen LogP contribution is 2.53. The van der Waals surface area contributed by atoms with Crippen LogP contribution in [-0.4, -0.2) is 25.3 Å². The van der Waals surface area contributed by atoms with Crippen molar-refractivity contribution in [3.63, 3.8) is 0 Å². The molecule has 1 N–H and O–H groups in total. The normalized spacial score (nSPS) is 31.3. The van der Waals surface area contributed by atoms with Crippen molar-refractivity contribution in [1.82, 2.24) is 5.32 Å². The maximum absolute atomic E-state index is 5.99. The molecule has 2 saturated carbocycles. The van der Waals surface area contributed by atoms with Gasteiger partial charge in [-0.1, -0.05) is 40.0 Å². The Morgan fingerprint density at radius 1 is 1.17 bits per heavy atom. The smallest absolute Gasteiger partial charge is 0.0661 e. The van der Waals surface area contributed by atoms with E-state index in [9.17, 15) is 0 Å². The fourth-order valence-electron chi connectivity index (χ4n) is 3.78. The van der Waals surface area contributed by atoms with Gasteiger partial charge < -0.3 is 10.1 Å². The molecule has 0 heterocycles. The van der Waals surface area contributed by atoms with E-state index in [0.717, 1.165) is 13.2 Å². The number of rotatable bonds is 4. The summed E-state index contributed by atoms with van der Waals surface area (Å²) in [7, 11) is 0. The third-order valence-corrected chi connectivity index (χ3v) is 4.82. The molecule has 106 valence electrons. The van der Waals surface area contributed by atoms with Gasteiger partial charge in [0.1, 0.15) is 0 Å². The van der Waals surface area contributed by atoms with Gasteiger partial charge in [-0.25, -0.2) is 0 Å². The van der Waals surface area contributed by atoms with E-state index in [1.165, 1.54) is 38.5 Å². The summed E-state index contributed by atoms with van der Waals surface area (Å²) in [6.07, 6.45) is 8.73. The van der Waals surface area contributed by atoms with Crippen molar-refractivity contribution in [3.05, 3.63) is 0 Å². The highest BCUT2D eigenvalue weighted by atomic mass is 16.5. The van der Waals surface area contributed by atoms with Crippen molar-refractivity contribution >= 4 is 0 Å². The highest BCUT2D eigenvalue weighted by Gasteiger charge is 2.55. The molecule has 2 atom stereocenters. The molecule has 0 aromatic heterocycles. The van der Waals surface area contributed by atoms with Crippen LogP contribution in [0.1, 0.15) is 66.2 Å². The van der Waals surface area contributed by atoms with Gasteiger partial charge in [-0.2, -0.15) is 0 Å². The molecule has 2 heteroatoms. The van der Waals surface area contributed by atoms with Crippen LogP contribution < -0.4 is 5.32 Å². The van der Waals surface area contributed by atoms with Crippen LogP contribution in [0.4, 0.5) is 0 Å². The van der Waals surface area contributed by atoms with Gasteiger partial charge in [0.2, 0.25) is 0 Å². The molecule has 2 aliphatic rings. The van der Waals surface area contributed by atoms with Crippen molar-refractivity contribution in [2.45, 2.75) is 78.4 Å². The van der Waals surface area contributed by atoms with Gasteiger partial charge in [0.25, 0.3) is 0 Å². The van der Waals surface area contributed by atoms with E-state index in [-0.39, 0.29) is 0 Å². The first-order chi connectivity index (χ1) is 8.48. The number of hydrogen-bond acceptors (Lipinski definition) is 2. The molecular weight excluding hydrogens is 222 g/mol. The minimum absolute atomic E-state index is 0.382. The van der Waals surface area contributed by atoms with Crippen molar-refractivity contribution < 1.29 is 4.74 Å². The van der Waals surface area contributed by atoms with Crippen LogP contribution in [0.3, 0.4) is 0 Å². The summed E-state index contributed by atoms with van der Waals surface area (Å²) >= 11 is 0. The van der Waals surface area contributed by atoms with E-state index in [1.54, 1.807) is 0 Å². The predicted molar refractivity (Wildman–Crippen MR) is 76.8 cm³/mol. The summed E-state index contributed by atoms with van der Waals surface area (Å²) in [4.78, 5) is 0. The Balaban J connectivity index is 1.94.